The normalized spacial score (nSPS) is 10.5. The van der Waals surface area contributed by atoms with Gasteiger partial charge in [-0.05, 0) is 46.9 Å². The first-order valence-corrected chi connectivity index (χ1v) is 7.18. The monoisotopic (exact) mass is 421 g/mol. The maximum Gasteiger partial charge on any atom is 0.271 e. The van der Waals surface area contributed by atoms with Crippen LogP contribution in [0.3, 0.4) is 0 Å². The number of nitrogens with two attached hydrogens (primary N) is 1. The molecule has 1 aromatic carbocycles. The number of anilines is 2. The quantitative estimate of drug-likeness (QED) is 0.748. The minimum atomic E-state index is -0.780. The molecule has 0 atom stereocenters. The zero-order valence-electron chi connectivity index (χ0n) is 10.8. The van der Waals surface area contributed by atoms with Crippen molar-refractivity contribution in [3.8, 4) is 0 Å². The molecule has 8 heteroatoms. The molecule has 2 rings (SSSR count). The van der Waals surface area contributed by atoms with Crippen molar-refractivity contribution in [2.45, 2.75) is 0 Å². The van der Waals surface area contributed by atoms with Gasteiger partial charge < -0.3 is 15.6 Å². The molecule has 110 valence electrons. The highest BCUT2D eigenvalue weighted by Gasteiger charge is 2.15. The lowest BCUT2D eigenvalue weighted by molar-refractivity contribution is 0.0991. The number of primary amides is 1. The van der Waals surface area contributed by atoms with Crippen LogP contribution in [0.4, 0.5) is 15.8 Å². The van der Waals surface area contributed by atoms with Crippen LogP contribution < -0.4 is 16.6 Å². The first-order valence-electron chi connectivity index (χ1n) is 5.72. The average Bonchev–Trinajstić information content (AvgIpc) is 2.41. The highest BCUT2D eigenvalue weighted by atomic mass is 127. The van der Waals surface area contributed by atoms with E-state index in [1.165, 1.54) is 25.2 Å². The lowest BCUT2D eigenvalue weighted by Gasteiger charge is -2.13. The third kappa shape index (κ3) is 3.18. The second-order valence-corrected chi connectivity index (χ2v) is 5.86. The molecule has 0 aliphatic heterocycles. The van der Waals surface area contributed by atoms with Gasteiger partial charge in [-0.2, -0.15) is 0 Å². The van der Waals surface area contributed by atoms with Gasteiger partial charge in [0.05, 0.1) is 11.4 Å². The molecule has 0 fully saturated rings. The number of hydrogen-bond donors (Lipinski definition) is 2. The van der Waals surface area contributed by atoms with Crippen molar-refractivity contribution in [3.63, 3.8) is 0 Å². The van der Waals surface area contributed by atoms with Crippen LogP contribution in [0, 0.1) is 9.39 Å². The van der Waals surface area contributed by atoms with Crippen LogP contribution in [-0.4, -0.2) is 10.5 Å². The molecule has 5 nitrogen and oxygen atoms in total. The molecular formula is C13H10ClFIN3O2. The Bertz CT molecular complexity index is 792. The predicted octanol–water partition coefficient (Wildman–Crippen LogP) is 2.62. The Hall–Kier alpha value is -1.61. The maximum atomic E-state index is 13.8. The van der Waals surface area contributed by atoms with Crippen molar-refractivity contribution >= 4 is 51.5 Å². The van der Waals surface area contributed by atoms with Crippen molar-refractivity contribution in [2.75, 3.05) is 5.32 Å². The van der Waals surface area contributed by atoms with E-state index in [9.17, 15) is 14.0 Å². The Labute approximate surface area is 138 Å². The van der Waals surface area contributed by atoms with Gasteiger partial charge >= 0.3 is 0 Å². The Morgan fingerprint density at radius 3 is 2.62 bits per heavy atom. The van der Waals surface area contributed by atoms with E-state index in [0.717, 1.165) is 8.14 Å². The molecule has 0 aliphatic carbocycles. The van der Waals surface area contributed by atoms with E-state index < -0.39 is 17.3 Å². The van der Waals surface area contributed by atoms with Crippen LogP contribution in [0.25, 0.3) is 0 Å². The molecule has 1 amide bonds. The van der Waals surface area contributed by atoms with Gasteiger partial charge in [-0.25, -0.2) is 4.39 Å². The van der Waals surface area contributed by atoms with E-state index in [0.29, 0.717) is 0 Å². The van der Waals surface area contributed by atoms with Crippen LogP contribution in [0.2, 0.25) is 5.02 Å². The molecule has 0 aliphatic rings. The number of carbonyl (C=O) groups excluding carboxylic acids is 1. The summed E-state index contributed by atoms with van der Waals surface area (Å²) in [4.78, 5) is 23.3. The molecule has 0 saturated carbocycles. The third-order valence-electron chi connectivity index (χ3n) is 2.82. The summed E-state index contributed by atoms with van der Waals surface area (Å²) in [6.45, 7) is 0. The number of rotatable bonds is 3. The van der Waals surface area contributed by atoms with Crippen LogP contribution >= 0.6 is 34.2 Å². The molecular weight excluding hydrogens is 412 g/mol. The van der Waals surface area contributed by atoms with Crippen LogP contribution in [-0.2, 0) is 7.05 Å². The highest BCUT2D eigenvalue weighted by molar-refractivity contribution is 14.1. The fourth-order valence-corrected chi connectivity index (χ4v) is 2.41. The third-order valence-corrected chi connectivity index (χ3v) is 3.86. The molecule has 0 radical (unpaired) electrons. The summed E-state index contributed by atoms with van der Waals surface area (Å²) in [5, 5.41) is 2.55. The van der Waals surface area contributed by atoms with Gasteiger partial charge in [0.25, 0.3) is 11.5 Å². The van der Waals surface area contributed by atoms with E-state index in [2.05, 4.69) is 5.32 Å². The largest absolute Gasteiger partial charge is 0.364 e. The zero-order valence-corrected chi connectivity index (χ0v) is 13.7. The molecule has 0 saturated heterocycles. The van der Waals surface area contributed by atoms with Gasteiger partial charge in [0.15, 0.2) is 0 Å². The number of nitrogens with one attached hydrogen (secondary N) is 1. The van der Waals surface area contributed by atoms with Gasteiger partial charge in [-0.1, -0.05) is 11.6 Å². The van der Waals surface area contributed by atoms with Crippen molar-refractivity contribution in [3.05, 3.63) is 54.7 Å². The van der Waals surface area contributed by atoms with Crippen molar-refractivity contribution in [2.24, 2.45) is 12.8 Å². The van der Waals surface area contributed by atoms with Crippen molar-refractivity contribution < 1.29 is 9.18 Å². The van der Waals surface area contributed by atoms with Crippen molar-refractivity contribution in [1.82, 2.24) is 4.57 Å². The highest BCUT2D eigenvalue weighted by Crippen LogP contribution is 2.26. The number of benzene rings is 1. The summed E-state index contributed by atoms with van der Waals surface area (Å²) in [6, 6.07) is 5.83. The summed E-state index contributed by atoms with van der Waals surface area (Å²) in [7, 11) is 1.38. The van der Waals surface area contributed by atoms with Crippen LogP contribution in [0.5, 0.6) is 0 Å². The SMILES string of the molecule is Cn1c(C(N)=O)cc(Nc2ccc(I)cc2F)c(Cl)c1=O. The molecule has 1 aromatic heterocycles. The second-order valence-electron chi connectivity index (χ2n) is 4.23. The van der Waals surface area contributed by atoms with E-state index in [1.54, 1.807) is 6.07 Å². The van der Waals surface area contributed by atoms with Gasteiger partial charge in [0.2, 0.25) is 0 Å². The molecule has 1 heterocycles. The topological polar surface area (TPSA) is 77.1 Å². The number of nitrogens with zero attached hydrogens (tertiary/aromatic N) is 1. The fraction of sp³-hybridized carbons (Fsp3) is 0.0769. The zero-order chi connectivity index (χ0) is 15.7. The summed E-state index contributed by atoms with van der Waals surface area (Å²) in [6.07, 6.45) is 0. The molecule has 3 N–H and O–H groups in total. The van der Waals surface area contributed by atoms with Gasteiger partial charge in [-0.3, -0.25) is 9.59 Å². The Morgan fingerprint density at radius 1 is 1.38 bits per heavy atom. The Balaban J connectivity index is 2.54. The fourth-order valence-electron chi connectivity index (χ4n) is 1.73. The molecule has 0 unspecified atom stereocenters. The molecule has 0 spiro atoms. The van der Waals surface area contributed by atoms with Gasteiger partial charge in [-0.15, -0.1) is 0 Å². The molecule has 21 heavy (non-hydrogen) atoms. The minimum absolute atomic E-state index is 0.0298. The first-order chi connectivity index (χ1) is 9.81. The minimum Gasteiger partial charge on any atom is -0.364 e. The number of pyridine rings is 1. The maximum absolute atomic E-state index is 13.8. The van der Waals surface area contributed by atoms with Gasteiger partial charge in [0, 0.05) is 10.6 Å². The van der Waals surface area contributed by atoms with Crippen LogP contribution in [0.1, 0.15) is 10.5 Å². The van der Waals surface area contributed by atoms with E-state index in [4.69, 9.17) is 17.3 Å². The average molecular weight is 422 g/mol. The smallest absolute Gasteiger partial charge is 0.271 e. The molecule has 2 aromatic rings. The standard InChI is InChI=1S/C13H10ClFIN3O2/c1-19-10(12(17)20)5-9(11(14)13(19)21)18-8-3-2-6(16)4-7(8)15/h2-5,18H,1H3,(H2,17,20). The van der Waals surface area contributed by atoms with Crippen LogP contribution in [0.15, 0.2) is 29.1 Å². The lowest BCUT2D eigenvalue weighted by Crippen LogP contribution is -2.27. The molecule has 0 bridgehead atoms. The number of aromatic nitrogens is 1. The Kier molecular flexibility index (Phi) is 4.52. The van der Waals surface area contributed by atoms with Crippen molar-refractivity contribution in [1.29, 1.82) is 0 Å². The second kappa shape index (κ2) is 6.02. The summed E-state index contributed by atoms with van der Waals surface area (Å²) < 4.78 is 15.6. The Morgan fingerprint density at radius 2 is 2.05 bits per heavy atom. The number of amides is 1. The van der Waals surface area contributed by atoms with E-state index in [-0.39, 0.29) is 22.1 Å². The number of hydrogen-bond acceptors (Lipinski definition) is 3. The lowest BCUT2D eigenvalue weighted by atomic mass is 10.2. The number of halogens is 3. The summed E-state index contributed by atoms with van der Waals surface area (Å²) >= 11 is 7.91. The van der Waals surface area contributed by atoms with E-state index >= 15 is 0 Å². The van der Waals surface area contributed by atoms with E-state index in [1.807, 2.05) is 22.6 Å². The summed E-state index contributed by atoms with van der Waals surface area (Å²) in [5.74, 6) is -1.28. The predicted molar refractivity (Wildman–Crippen MR) is 87.6 cm³/mol. The van der Waals surface area contributed by atoms with Gasteiger partial charge in [0.1, 0.15) is 16.5 Å². The first kappa shape index (κ1) is 15.8. The summed E-state index contributed by atoms with van der Waals surface area (Å²) in [5.41, 5.74) is 4.83. The number of carbonyl (C=O) groups is 1.